The van der Waals surface area contributed by atoms with Crippen molar-refractivity contribution in [3.63, 3.8) is 0 Å². The number of fused-ring (bicyclic) bond motifs is 1. The van der Waals surface area contributed by atoms with Gasteiger partial charge in [0.1, 0.15) is 6.04 Å². The third-order valence-electron chi connectivity index (χ3n) is 4.52. The zero-order chi connectivity index (χ0) is 16.6. The smallest absolute Gasteiger partial charge is 0.327 e. The summed E-state index contributed by atoms with van der Waals surface area (Å²) in [6.07, 6.45) is 1.37. The summed E-state index contributed by atoms with van der Waals surface area (Å²) in [6.45, 7) is 4.85. The second-order valence-corrected chi connectivity index (χ2v) is 7.03. The molecule has 2 atom stereocenters. The molecule has 0 aliphatic carbocycles. The fourth-order valence-electron chi connectivity index (χ4n) is 3.49. The normalized spacial score (nSPS) is 24.3. The topological polar surface area (TPSA) is 60.9 Å². The van der Waals surface area contributed by atoms with Crippen molar-refractivity contribution in [1.82, 2.24) is 14.7 Å². The summed E-state index contributed by atoms with van der Waals surface area (Å²) >= 11 is 1.60. The van der Waals surface area contributed by atoms with Gasteiger partial charge in [-0.3, -0.25) is 14.5 Å². The van der Waals surface area contributed by atoms with Crippen molar-refractivity contribution in [2.45, 2.75) is 45.3 Å². The molecule has 124 valence electrons. The van der Waals surface area contributed by atoms with E-state index in [1.54, 1.807) is 21.1 Å². The van der Waals surface area contributed by atoms with Crippen LogP contribution < -0.4 is 0 Å². The van der Waals surface area contributed by atoms with E-state index in [1.807, 2.05) is 24.4 Å². The Morgan fingerprint density at radius 1 is 1.39 bits per heavy atom. The number of hydrogen-bond donors (Lipinski definition) is 0. The minimum absolute atomic E-state index is 0.104. The largest absolute Gasteiger partial charge is 0.329 e. The Labute approximate surface area is 139 Å². The zero-order valence-corrected chi connectivity index (χ0v) is 14.2. The molecule has 0 radical (unpaired) electrons. The van der Waals surface area contributed by atoms with E-state index < -0.39 is 6.04 Å². The van der Waals surface area contributed by atoms with Crippen molar-refractivity contribution in [2.75, 3.05) is 13.1 Å². The quantitative estimate of drug-likeness (QED) is 0.844. The van der Waals surface area contributed by atoms with Gasteiger partial charge in [-0.2, -0.15) is 0 Å². The van der Waals surface area contributed by atoms with Crippen LogP contribution >= 0.6 is 11.3 Å². The zero-order valence-electron chi connectivity index (χ0n) is 13.4. The molecule has 0 saturated carbocycles. The highest BCUT2D eigenvalue weighted by atomic mass is 32.1. The Balaban J connectivity index is 1.92. The van der Waals surface area contributed by atoms with Gasteiger partial charge in [0.05, 0.1) is 12.6 Å². The summed E-state index contributed by atoms with van der Waals surface area (Å²) in [7, 11) is 0. The molecule has 7 heteroatoms. The first-order chi connectivity index (χ1) is 11.0. The molecule has 4 amide bonds. The van der Waals surface area contributed by atoms with Gasteiger partial charge in [0.25, 0.3) is 5.91 Å². The maximum absolute atomic E-state index is 12.8. The summed E-state index contributed by atoms with van der Waals surface area (Å²) in [6, 6.07) is 2.98. The number of carbonyl (C=O) groups is 3. The minimum atomic E-state index is -0.531. The van der Waals surface area contributed by atoms with Gasteiger partial charge >= 0.3 is 6.03 Å². The lowest BCUT2D eigenvalue weighted by Crippen LogP contribution is -2.65. The molecule has 0 aromatic carbocycles. The highest BCUT2D eigenvalue weighted by Crippen LogP contribution is 2.32. The van der Waals surface area contributed by atoms with Crippen LogP contribution in [0.25, 0.3) is 0 Å². The average molecular weight is 335 g/mol. The molecule has 0 N–H and O–H groups in total. The van der Waals surface area contributed by atoms with E-state index in [0.717, 1.165) is 4.88 Å². The van der Waals surface area contributed by atoms with E-state index in [9.17, 15) is 14.4 Å². The van der Waals surface area contributed by atoms with Crippen molar-refractivity contribution >= 4 is 29.2 Å². The van der Waals surface area contributed by atoms with E-state index >= 15 is 0 Å². The second-order valence-electron chi connectivity index (χ2n) is 5.99. The number of thiophene rings is 1. The molecule has 0 bridgehead atoms. The number of nitrogens with zero attached hydrogens (tertiary/aromatic N) is 3. The summed E-state index contributed by atoms with van der Waals surface area (Å²) < 4.78 is 0. The number of carbonyl (C=O) groups excluding carboxylic acids is 3. The van der Waals surface area contributed by atoms with Crippen LogP contribution in [0.15, 0.2) is 17.5 Å². The van der Waals surface area contributed by atoms with Crippen molar-refractivity contribution in [3.8, 4) is 0 Å². The molecule has 0 spiro atoms. The molecule has 2 saturated heterocycles. The molecule has 6 nitrogen and oxygen atoms in total. The molecule has 3 heterocycles. The number of imide groups is 1. The number of urea groups is 1. The standard InChI is InChI=1S/C16H21N3O3S/c1-3-7-18-15(21)14-13(6-8-17(14)11(2)20)19(16(18)22)10-12-5-4-9-23-12/h4-5,9,13-14H,3,6-8,10H2,1-2H3. The van der Waals surface area contributed by atoms with Crippen LogP contribution in [0.4, 0.5) is 4.79 Å². The number of likely N-dealkylation sites (tertiary alicyclic amines) is 1. The summed E-state index contributed by atoms with van der Waals surface area (Å²) in [5.41, 5.74) is 0. The van der Waals surface area contributed by atoms with Crippen molar-refractivity contribution in [2.24, 2.45) is 0 Å². The van der Waals surface area contributed by atoms with Crippen LogP contribution in [-0.2, 0) is 16.1 Å². The monoisotopic (exact) mass is 335 g/mol. The molecular weight excluding hydrogens is 314 g/mol. The van der Waals surface area contributed by atoms with Gasteiger partial charge in [-0.05, 0) is 24.3 Å². The molecule has 2 fully saturated rings. The first-order valence-electron chi connectivity index (χ1n) is 7.96. The third-order valence-corrected chi connectivity index (χ3v) is 5.38. The molecule has 3 rings (SSSR count). The lowest BCUT2D eigenvalue weighted by atomic mass is 10.0. The van der Waals surface area contributed by atoms with Crippen molar-refractivity contribution in [1.29, 1.82) is 0 Å². The maximum atomic E-state index is 12.8. The van der Waals surface area contributed by atoms with Crippen LogP contribution in [0.3, 0.4) is 0 Å². The number of amides is 4. The molecule has 2 aliphatic rings. The number of rotatable bonds is 4. The SMILES string of the molecule is CCCN1C(=O)C2C(CCN2C(C)=O)N(Cc2cccs2)C1=O. The van der Waals surface area contributed by atoms with Gasteiger partial charge in [-0.1, -0.05) is 13.0 Å². The molecule has 2 aliphatic heterocycles. The van der Waals surface area contributed by atoms with Crippen LogP contribution in [0.1, 0.15) is 31.6 Å². The molecule has 1 aromatic heterocycles. The second kappa shape index (κ2) is 6.31. The van der Waals surface area contributed by atoms with Crippen molar-refractivity contribution in [3.05, 3.63) is 22.4 Å². The van der Waals surface area contributed by atoms with Crippen molar-refractivity contribution < 1.29 is 14.4 Å². The first kappa shape index (κ1) is 16.0. The third kappa shape index (κ3) is 2.73. The Morgan fingerprint density at radius 2 is 2.17 bits per heavy atom. The van der Waals surface area contributed by atoms with Crippen LogP contribution in [0.2, 0.25) is 0 Å². The average Bonchev–Trinajstić information content (AvgIpc) is 3.16. The van der Waals surface area contributed by atoms with Crippen LogP contribution in [-0.4, -0.2) is 57.7 Å². The number of hydrogen-bond acceptors (Lipinski definition) is 4. The summed E-state index contributed by atoms with van der Waals surface area (Å²) in [5.74, 6) is -0.329. The Kier molecular flexibility index (Phi) is 4.39. The predicted molar refractivity (Wildman–Crippen MR) is 86.8 cm³/mol. The Hall–Kier alpha value is -1.89. The van der Waals surface area contributed by atoms with Gasteiger partial charge in [0.15, 0.2) is 0 Å². The van der Waals surface area contributed by atoms with E-state index in [-0.39, 0.29) is 23.9 Å². The maximum Gasteiger partial charge on any atom is 0.327 e. The van der Waals surface area contributed by atoms with E-state index in [2.05, 4.69) is 0 Å². The van der Waals surface area contributed by atoms with Gasteiger partial charge in [-0.25, -0.2) is 4.79 Å². The molecule has 1 aromatic rings. The van der Waals surface area contributed by atoms with Crippen LogP contribution in [0.5, 0.6) is 0 Å². The van der Waals surface area contributed by atoms with Gasteiger partial charge in [-0.15, -0.1) is 11.3 Å². The van der Waals surface area contributed by atoms with Gasteiger partial charge < -0.3 is 9.80 Å². The predicted octanol–water partition coefficient (Wildman–Crippen LogP) is 1.91. The Bertz CT molecular complexity index is 616. The highest BCUT2D eigenvalue weighted by molar-refractivity contribution is 7.09. The van der Waals surface area contributed by atoms with E-state index in [4.69, 9.17) is 0 Å². The van der Waals surface area contributed by atoms with Gasteiger partial charge in [0, 0.05) is 24.9 Å². The molecule has 23 heavy (non-hydrogen) atoms. The lowest BCUT2D eigenvalue weighted by Gasteiger charge is -2.43. The highest BCUT2D eigenvalue weighted by Gasteiger charge is 2.52. The van der Waals surface area contributed by atoms with Crippen LogP contribution in [0, 0.1) is 0 Å². The van der Waals surface area contributed by atoms with E-state index in [1.165, 1.54) is 11.8 Å². The Morgan fingerprint density at radius 3 is 2.78 bits per heavy atom. The van der Waals surface area contributed by atoms with Gasteiger partial charge in [0.2, 0.25) is 5.91 Å². The minimum Gasteiger partial charge on any atom is -0.329 e. The summed E-state index contributed by atoms with van der Waals surface area (Å²) in [5, 5.41) is 1.98. The lowest BCUT2D eigenvalue weighted by molar-refractivity contribution is -0.145. The fourth-order valence-corrected chi connectivity index (χ4v) is 4.19. The molecular formula is C16H21N3O3S. The summed E-state index contributed by atoms with van der Waals surface area (Å²) in [4.78, 5) is 43.2. The fraction of sp³-hybridized carbons (Fsp3) is 0.562. The van der Waals surface area contributed by atoms with E-state index in [0.29, 0.717) is 32.5 Å². The molecule has 2 unspecified atom stereocenters. The first-order valence-corrected chi connectivity index (χ1v) is 8.84.